The van der Waals surface area contributed by atoms with Gasteiger partial charge in [-0.05, 0) is 105 Å². The zero-order valence-electron chi connectivity index (χ0n) is 20.8. The average Bonchev–Trinajstić information content (AvgIpc) is 3.62. The summed E-state index contributed by atoms with van der Waals surface area (Å²) in [5.74, 6) is 1.64. The monoisotopic (exact) mass is 460 g/mol. The van der Waals surface area contributed by atoms with Gasteiger partial charge in [-0.25, -0.2) is 0 Å². The fourth-order valence-electron chi connectivity index (χ4n) is 6.63. The maximum atomic E-state index is 5.71. The summed E-state index contributed by atoms with van der Waals surface area (Å²) in [6.07, 6.45) is 11.6. The van der Waals surface area contributed by atoms with Crippen LogP contribution in [0.2, 0.25) is 0 Å². The van der Waals surface area contributed by atoms with Crippen LogP contribution in [-0.4, -0.2) is 54.0 Å². The number of aromatic nitrogens is 2. The predicted molar refractivity (Wildman–Crippen MR) is 137 cm³/mol. The van der Waals surface area contributed by atoms with Crippen LogP contribution >= 0.6 is 0 Å². The van der Waals surface area contributed by atoms with Crippen molar-refractivity contribution in [2.75, 3.05) is 38.2 Å². The highest BCUT2D eigenvalue weighted by Crippen LogP contribution is 2.44. The topological polar surface area (TPSA) is 50.3 Å². The van der Waals surface area contributed by atoms with Gasteiger partial charge in [0.1, 0.15) is 5.82 Å². The minimum Gasteiger partial charge on any atom is -0.381 e. The largest absolute Gasteiger partial charge is 0.381 e. The lowest BCUT2D eigenvalue weighted by Crippen LogP contribution is -2.46. The molecule has 5 heteroatoms. The second-order valence-corrected chi connectivity index (χ2v) is 12.0. The van der Waals surface area contributed by atoms with Crippen molar-refractivity contribution in [1.29, 1.82) is 0 Å². The van der Waals surface area contributed by atoms with Crippen LogP contribution in [0.3, 0.4) is 0 Å². The summed E-state index contributed by atoms with van der Waals surface area (Å²) in [4.78, 5) is 2.74. The molecular formula is C29H40N4O. The van der Waals surface area contributed by atoms with E-state index in [1.165, 1.54) is 88.5 Å². The van der Waals surface area contributed by atoms with Crippen LogP contribution in [-0.2, 0) is 4.74 Å². The number of likely N-dealkylation sites (tertiary alicyclic amines) is 1. The van der Waals surface area contributed by atoms with E-state index in [0.29, 0.717) is 16.9 Å². The van der Waals surface area contributed by atoms with Gasteiger partial charge in [0.2, 0.25) is 0 Å². The molecule has 2 aromatic rings. The number of hydrogen-bond acceptors (Lipinski definition) is 5. The molecule has 1 aromatic heterocycles. The normalized spacial score (nSPS) is 29.4. The van der Waals surface area contributed by atoms with E-state index in [1.807, 2.05) is 0 Å². The Kier molecular flexibility index (Phi) is 6.11. The Morgan fingerprint density at radius 3 is 2.41 bits per heavy atom. The van der Waals surface area contributed by atoms with Gasteiger partial charge in [-0.15, -0.1) is 10.2 Å². The number of piperidine rings is 1. The van der Waals surface area contributed by atoms with Gasteiger partial charge < -0.3 is 15.0 Å². The predicted octanol–water partition coefficient (Wildman–Crippen LogP) is 5.88. The molecule has 34 heavy (non-hydrogen) atoms. The van der Waals surface area contributed by atoms with E-state index in [1.54, 1.807) is 0 Å². The zero-order valence-corrected chi connectivity index (χ0v) is 20.8. The van der Waals surface area contributed by atoms with Gasteiger partial charge in [0, 0.05) is 24.8 Å². The summed E-state index contributed by atoms with van der Waals surface area (Å²) < 4.78 is 5.71. The SMILES string of the molecule is CC1(CN2CCC3(CCOC3)CC2)CCC(Nc2ccc(-c3ccccc3C3CC3)nn2)CC1. The number of ether oxygens (including phenoxy) is 1. The fraction of sp³-hybridized carbons (Fsp3) is 0.655. The highest BCUT2D eigenvalue weighted by Gasteiger charge is 2.40. The molecule has 3 heterocycles. The van der Waals surface area contributed by atoms with Crippen LogP contribution in [0, 0.1) is 10.8 Å². The van der Waals surface area contributed by atoms with Gasteiger partial charge in [0.15, 0.2) is 0 Å². The van der Waals surface area contributed by atoms with E-state index in [4.69, 9.17) is 4.74 Å². The highest BCUT2D eigenvalue weighted by molar-refractivity contribution is 5.65. The summed E-state index contributed by atoms with van der Waals surface area (Å²) in [6, 6.07) is 13.5. The molecule has 0 radical (unpaired) electrons. The molecule has 6 rings (SSSR count). The Bertz CT molecular complexity index is 962. The molecule has 2 aliphatic carbocycles. The molecule has 0 amide bonds. The lowest BCUT2D eigenvalue weighted by molar-refractivity contribution is 0.0461. The van der Waals surface area contributed by atoms with Crippen molar-refractivity contribution in [1.82, 2.24) is 15.1 Å². The zero-order chi connectivity index (χ0) is 23.0. The van der Waals surface area contributed by atoms with Gasteiger partial charge in [-0.1, -0.05) is 31.2 Å². The highest BCUT2D eigenvalue weighted by atomic mass is 16.5. The molecule has 182 valence electrons. The lowest BCUT2D eigenvalue weighted by Gasteiger charge is -2.45. The summed E-state index contributed by atoms with van der Waals surface area (Å²) in [6.45, 7) is 8.26. The molecule has 5 nitrogen and oxygen atoms in total. The van der Waals surface area contributed by atoms with Crippen molar-refractivity contribution in [3.8, 4) is 11.3 Å². The van der Waals surface area contributed by atoms with Crippen LogP contribution < -0.4 is 5.32 Å². The Hall–Kier alpha value is -1.98. The third-order valence-electron chi connectivity index (χ3n) is 9.17. The summed E-state index contributed by atoms with van der Waals surface area (Å²) in [5, 5.41) is 12.8. The number of rotatable bonds is 6. The quantitative estimate of drug-likeness (QED) is 0.583. The van der Waals surface area contributed by atoms with Crippen LogP contribution in [0.5, 0.6) is 0 Å². The van der Waals surface area contributed by atoms with Crippen molar-refractivity contribution in [3.63, 3.8) is 0 Å². The van der Waals surface area contributed by atoms with E-state index in [2.05, 4.69) is 63.7 Å². The molecule has 2 saturated carbocycles. The second kappa shape index (κ2) is 9.23. The first-order valence-corrected chi connectivity index (χ1v) is 13.6. The number of nitrogens with zero attached hydrogens (tertiary/aromatic N) is 3. The minimum absolute atomic E-state index is 0.441. The van der Waals surface area contributed by atoms with Crippen LogP contribution in [0.15, 0.2) is 36.4 Å². The third kappa shape index (κ3) is 4.87. The summed E-state index contributed by atoms with van der Waals surface area (Å²) >= 11 is 0. The molecule has 4 fully saturated rings. The lowest BCUT2D eigenvalue weighted by atomic mass is 9.72. The van der Waals surface area contributed by atoms with Gasteiger partial charge >= 0.3 is 0 Å². The first-order valence-electron chi connectivity index (χ1n) is 13.6. The number of benzene rings is 1. The number of nitrogens with one attached hydrogen (secondary N) is 1. The van der Waals surface area contributed by atoms with Crippen LogP contribution in [0.25, 0.3) is 11.3 Å². The molecule has 1 spiro atoms. The first-order chi connectivity index (χ1) is 16.6. The molecule has 0 bridgehead atoms. The van der Waals surface area contributed by atoms with Crippen molar-refractivity contribution in [2.45, 2.75) is 76.7 Å². The van der Waals surface area contributed by atoms with Gasteiger partial charge in [-0.2, -0.15) is 0 Å². The Labute approximate surface area is 204 Å². The van der Waals surface area contributed by atoms with E-state index in [-0.39, 0.29) is 0 Å². The van der Waals surface area contributed by atoms with E-state index in [9.17, 15) is 0 Å². The third-order valence-corrected chi connectivity index (χ3v) is 9.17. The molecule has 1 N–H and O–H groups in total. The number of anilines is 1. The molecule has 1 aromatic carbocycles. The maximum Gasteiger partial charge on any atom is 0.148 e. The fourth-order valence-corrected chi connectivity index (χ4v) is 6.63. The molecule has 4 aliphatic rings. The van der Waals surface area contributed by atoms with E-state index in [0.717, 1.165) is 30.6 Å². The standard InChI is InChI=1S/C29H40N4O/c1-28(20-33-17-14-29(15-18-33)16-19-34-21-29)12-10-23(11-13-28)30-27-9-8-26(31-32-27)25-5-3-2-4-24(25)22-6-7-22/h2-5,8-9,22-23H,6-7,10-21H2,1H3,(H,30,32). The molecule has 2 aliphatic heterocycles. The summed E-state index contributed by atoms with van der Waals surface area (Å²) in [5.41, 5.74) is 4.63. The molecule has 0 unspecified atom stereocenters. The Morgan fingerprint density at radius 1 is 0.941 bits per heavy atom. The van der Waals surface area contributed by atoms with Gasteiger partial charge in [0.05, 0.1) is 12.3 Å². The first kappa shape index (κ1) is 22.5. The van der Waals surface area contributed by atoms with Crippen molar-refractivity contribution >= 4 is 5.82 Å². The summed E-state index contributed by atoms with van der Waals surface area (Å²) in [7, 11) is 0. The van der Waals surface area contributed by atoms with E-state index >= 15 is 0 Å². The van der Waals surface area contributed by atoms with Crippen molar-refractivity contribution in [3.05, 3.63) is 42.0 Å². The van der Waals surface area contributed by atoms with E-state index < -0.39 is 0 Å². The smallest absolute Gasteiger partial charge is 0.148 e. The molecule has 2 saturated heterocycles. The van der Waals surface area contributed by atoms with Gasteiger partial charge in [-0.3, -0.25) is 0 Å². The Balaban J connectivity index is 1.00. The van der Waals surface area contributed by atoms with Crippen molar-refractivity contribution < 1.29 is 4.74 Å². The second-order valence-electron chi connectivity index (χ2n) is 12.0. The van der Waals surface area contributed by atoms with Gasteiger partial charge in [0.25, 0.3) is 0 Å². The van der Waals surface area contributed by atoms with Crippen LogP contribution in [0.1, 0.15) is 76.2 Å². The average molecular weight is 461 g/mol. The molecule has 0 atom stereocenters. The number of hydrogen-bond donors (Lipinski definition) is 1. The van der Waals surface area contributed by atoms with Crippen molar-refractivity contribution in [2.24, 2.45) is 10.8 Å². The van der Waals surface area contributed by atoms with Crippen LogP contribution in [0.4, 0.5) is 5.82 Å². The molecular weight excluding hydrogens is 420 g/mol. The Morgan fingerprint density at radius 2 is 1.74 bits per heavy atom. The minimum atomic E-state index is 0.441. The maximum absolute atomic E-state index is 5.71.